The van der Waals surface area contributed by atoms with Gasteiger partial charge < -0.3 is 4.74 Å². The first-order chi connectivity index (χ1) is 18.9. The van der Waals surface area contributed by atoms with Crippen molar-refractivity contribution < 1.29 is 9.53 Å². The highest BCUT2D eigenvalue weighted by atomic mass is 16.5. The summed E-state index contributed by atoms with van der Waals surface area (Å²) < 4.78 is 6.23. The van der Waals surface area contributed by atoms with Crippen LogP contribution >= 0.6 is 0 Å². The van der Waals surface area contributed by atoms with Crippen LogP contribution < -0.4 is 0 Å². The molecule has 0 spiro atoms. The van der Waals surface area contributed by atoms with Crippen LogP contribution in [0.3, 0.4) is 0 Å². The Hall–Kier alpha value is -2.34. The van der Waals surface area contributed by atoms with Crippen molar-refractivity contribution in [1.29, 1.82) is 5.26 Å². The summed E-state index contributed by atoms with van der Waals surface area (Å²) in [5.41, 5.74) is 7.02. The number of nitrogens with zero attached hydrogens (tertiary/aromatic N) is 1. The molecule has 0 saturated heterocycles. The molecular weight excluding hydrogens is 490 g/mol. The molecule has 6 atom stereocenters. The van der Waals surface area contributed by atoms with Gasteiger partial charge in [-0.25, -0.2) is 4.79 Å². The third-order valence-electron chi connectivity index (χ3n) is 12.7. The van der Waals surface area contributed by atoms with E-state index in [2.05, 4.69) is 60.6 Å². The Bertz CT molecular complexity index is 1240. The average Bonchev–Trinajstić information content (AvgIpc) is 3.18. The summed E-state index contributed by atoms with van der Waals surface area (Å²) in [5, 5.41) is 9.10. The number of carbonyl (C=O) groups excluding carboxylic acids is 1. The predicted molar refractivity (Wildman–Crippen MR) is 163 cm³/mol. The van der Waals surface area contributed by atoms with E-state index in [4.69, 9.17) is 10.00 Å². The fraction of sp³-hybridized carbons (Fsp3) is 0.676. The zero-order valence-corrected chi connectivity index (χ0v) is 26.2. The zero-order chi connectivity index (χ0) is 28.9. The Morgan fingerprint density at radius 1 is 0.975 bits per heavy atom. The van der Waals surface area contributed by atoms with Gasteiger partial charge in [-0.15, -0.1) is 0 Å². The maximum Gasteiger partial charge on any atom is 0.338 e. The second-order valence-corrected chi connectivity index (χ2v) is 15.1. The predicted octanol–water partition coefficient (Wildman–Crippen LogP) is 9.97. The first-order valence-corrected chi connectivity index (χ1v) is 15.9. The molecule has 3 heteroatoms. The molecule has 4 aliphatic carbocycles. The van der Waals surface area contributed by atoms with Crippen LogP contribution in [0.15, 0.2) is 47.1 Å². The number of nitriles is 1. The van der Waals surface area contributed by atoms with Crippen molar-refractivity contribution in [3.8, 4) is 6.07 Å². The Kier molecular flexibility index (Phi) is 7.65. The van der Waals surface area contributed by atoms with Crippen LogP contribution in [0.1, 0.15) is 135 Å². The highest BCUT2D eigenvalue weighted by Crippen LogP contribution is 2.72. The van der Waals surface area contributed by atoms with Gasteiger partial charge in [-0.1, -0.05) is 57.4 Å². The van der Waals surface area contributed by atoms with E-state index in [1.165, 1.54) is 63.4 Å². The number of esters is 1. The normalized spacial score (nSPS) is 36.1. The van der Waals surface area contributed by atoms with Gasteiger partial charge in [0.05, 0.1) is 17.2 Å². The molecule has 0 aromatic heterocycles. The molecule has 5 rings (SSSR count). The Balaban J connectivity index is 1.35. The number of allylic oxidation sites excluding steroid dienone is 4. The summed E-state index contributed by atoms with van der Waals surface area (Å²) in [5.74, 6) is 1.10. The smallest absolute Gasteiger partial charge is 0.338 e. The standard InChI is InChI=1S/C37H51NO2/c1-25(2)10-8-9-11-28-18-22-37(7)30-16-17-31-34(3,4)32(40-33(39)27-14-12-26(24-38)13-15-27)20-21-35(31,5)29(30)19-23-36(28,37)6/h10,12-15,28,31-32H,8-9,11,16-23H2,1-7H3. The van der Waals surface area contributed by atoms with Gasteiger partial charge in [0.25, 0.3) is 0 Å². The van der Waals surface area contributed by atoms with Gasteiger partial charge in [-0.2, -0.15) is 5.26 Å². The molecule has 1 aromatic rings. The number of hydrogen-bond donors (Lipinski definition) is 0. The fourth-order valence-corrected chi connectivity index (χ4v) is 10.1. The van der Waals surface area contributed by atoms with Crippen molar-refractivity contribution in [2.45, 2.75) is 125 Å². The lowest BCUT2D eigenvalue weighted by atomic mass is 9.43. The van der Waals surface area contributed by atoms with E-state index in [9.17, 15) is 4.79 Å². The van der Waals surface area contributed by atoms with Gasteiger partial charge >= 0.3 is 5.97 Å². The third kappa shape index (κ3) is 4.59. The average molecular weight is 542 g/mol. The summed E-state index contributed by atoms with van der Waals surface area (Å²) in [6.07, 6.45) is 16.0. The van der Waals surface area contributed by atoms with Gasteiger partial charge in [0.2, 0.25) is 0 Å². The summed E-state index contributed by atoms with van der Waals surface area (Å²) in [6.45, 7) is 17.0. The van der Waals surface area contributed by atoms with Crippen LogP contribution in [-0.4, -0.2) is 12.1 Å². The number of benzene rings is 1. The molecule has 6 unspecified atom stereocenters. The van der Waals surface area contributed by atoms with E-state index in [0.717, 1.165) is 18.8 Å². The van der Waals surface area contributed by atoms with Crippen LogP contribution in [0.2, 0.25) is 0 Å². The summed E-state index contributed by atoms with van der Waals surface area (Å²) in [6, 6.07) is 8.95. The second-order valence-electron chi connectivity index (χ2n) is 15.1. The van der Waals surface area contributed by atoms with E-state index < -0.39 is 0 Å². The van der Waals surface area contributed by atoms with Gasteiger partial charge in [-0.05, 0) is 137 Å². The molecule has 0 N–H and O–H groups in total. The zero-order valence-electron chi connectivity index (χ0n) is 26.2. The highest BCUT2D eigenvalue weighted by molar-refractivity contribution is 5.89. The minimum atomic E-state index is -0.260. The number of fused-ring (bicyclic) bond motifs is 4. The molecule has 0 radical (unpaired) electrons. The highest BCUT2D eigenvalue weighted by Gasteiger charge is 2.63. The van der Waals surface area contributed by atoms with Crippen molar-refractivity contribution in [2.75, 3.05) is 0 Å². The molecule has 4 aliphatic rings. The maximum atomic E-state index is 13.1. The van der Waals surface area contributed by atoms with E-state index in [1.54, 1.807) is 29.8 Å². The monoisotopic (exact) mass is 541 g/mol. The lowest BCUT2D eigenvalue weighted by molar-refractivity contribution is -0.103. The summed E-state index contributed by atoms with van der Waals surface area (Å²) >= 11 is 0. The van der Waals surface area contributed by atoms with E-state index >= 15 is 0 Å². The second kappa shape index (κ2) is 10.5. The van der Waals surface area contributed by atoms with Crippen LogP contribution in [-0.2, 0) is 4.74 Å². The van der Waals surface area contributed by atoms with Crippen LogP contribution in [0.5, 0.6) is 0 Å². The lowest BCUT2D eigenvalue weighted by Gasteiger charge is -2.62. The molecule has 0 amide bonds. The number of carbonyl (C=O) groups is 1. The van der Waals surface area contributed by atoms with E-state index in [0.29, 0.717) is 27.9 Å². The third-order valence-corrected chi connectivity index (χ3v) is 12.7. The maximum absolute atomic E-state index is 13.1. The number of hydrogen-bond acceptors (Lipinski definition) is 3. The van der Waals surface area contributed by atoms with Crippen molar-refractivity contribution >= 4 is 5.97 Å². The quantitative estimate of drug-likeness (QED) is 0.204. The molecule has 2 saturated carbocycles. The van der Waals surface area contributed by atoms with Gasteiger partial charge in [0.15, 0.2) is 0 Å². The minimum absolute atomic E-state index is 0.0847. The van der Waals surface area contributed by atoms with Crippen molar-refractivity contribution in [1.82, 2.24) is 0 Å². The molecule has 2 fully saturated rings. The Morgan fingerprint density at radius 3 is 2.38 bits per heavy atom. The van der Waals surface area contributed by atoms with Crippen molar-refractivity contribution in [2.24, 2.45) is 33.5 Å². The van der Waals surface area contributed by atoms with Gasteiger partial charge in [0, 0.05) is 5.41 Å². The van der Waals surface area contributed by atoms with Crippen molar-refractivity contribution in [3.05, 3.63) is 58.2 Å². The molecule has 40 heavy (non-hydrogen) atoms. The van der Waals surface area contributed by atoms with Gasteiger partial charge in [0.1, 0.15) is 6.10 Å². The fourth-order valence-electron chi connectivity index (χ4n) is 10.1. The number of rotatable bonds is 6. The largest absolute Gasteiger partial charge is 0.458 e. The molecule has 0 bridgehead atoms. The number of unbranched alkanes of at least 4 members (excludes halogenated alkanes) is 1. The summed E-state index contributed by atoms with van der Waals surface area (Å²) in [7, 11) is 0. The molecule has 0 aliphatic heterocycles. The molecule has 216 valence electrons. The number of ether oxygens (including phenoxy) is 1. The van der Waals surface area contributed by atoms with Crippen LogP contribution in [0.25, 0.3) is 0 Å². The van der Waals surface area contributed by atoms with Crippen LogP contribution in [0, 0.1) is 44.8 Å². The van der Waals surface area contributed by atoms with Crippen molar-refractivity contribution in [3.63, 3.8) is 0 Å². The molecule has 3 nitrogen and oxygen atoms in total. The first-order valence-electron chi connectivity index (χ1n) is 15.9. The molecule has 0 heterocycles. The van der Waals surface area contributed by atoms with Gasteiger partial charge in [-0.3, -0.25) is 0 Å². The minimum Gasteiger partial charge on any atom is -0.458 e. The van der Waals surface area contributed by atoms with E-state index in [1.807, 2.05) is 5.57 Å². The first kappa shape index (κ1) is 29.2. The Morgan fingerprint density at radius 2 is 1.70 bits per heavy atom. The topological polar surface area (TPSA) is 50.1 Å². The Labute approximate surface area is 243 Å². The molecule has 1 aromatic carbocycles. The summed E-state index contributed by atoms with van der Waals surface area (Å²) in [4.78, 5) is 13.1. The van der Waals surface area contributed by atoms with Crippen LogP contribution in [0.4, 0.5) is 0 Å². The van der Waals surface area contributed by atoms with E-state index in [-0.39, 0.29) is 22.9 Å². The lowest BCUT2D eigenvalue weighted by Crippen LogP contribution is -2.55. The SMILES string of the molecule is CC(C)=CCCCC1CCC2(C)C3=C(CCC12C)C1(C)CCC(OC(=O)c2ccc(C#N)cc2)C(C)(C)C1CC3. The molecular formula is C37H51NO2.